The normalized spacial score (nSPS) is 16.8. The molecule has 0 aromatic carbocycles. The maximum Gasteiger partial charge on any atom is 0.306 e. The molecule has 1 aliphatic rings. The first-order valence-corrected chi connectivity index (χ1v) is 6.28. The fraction of sp³-hybridized carbons (Fsp3) is 0.750. The lowest BCUT2D eigenvalue weighted by Gasteiger charge is -2.17. The van der Waals surface area contributed by atoms with E-state index in [1.54, 1.807) is 6.92 Å². The molecule has 0 spiro atoms. The summed E-state index contributed by atoms with van der Waals surface area (Å²) in [4.78, 5) is 35.8. The van der Waals surface area contributed by atoms with E-state index in [4.69, 9.17) is 4.74 Å². The topological polar surface area (TPSA) is 75.7 Å². The summed E-state index contributed by atoms with van der Waals surface area (Å²) >= 11 is 0. The third-order valence-corrected chi connectivity index (χ3v) is 2.72. The molecule has 0 aromatic heterocycles. The quantitative estimate of drug-likeness (QED) is 0.662. The van der Waals surface area contributed by atoms with Gasteiger partial charge in [-0.2, -0.15) is 0 Å². The van der Waals surface area contributed by atoms with Gasteiger partial charge >= 0.3 is 5.97 Å². The van der Waals surface area contributed by atoms with E-state index in [0.29, 0.717) is 39.2 Å². The summed E-state index contributed by atoms with van der Waals surface area (Å²) in [5.41, 5.74) is 0. The molecule has 102 valence electrons. The van der Waals surface area contributed by atoms with Gasteiger partial charge in [-0.15, -0.1) is 0 Å². The van der Waals surface area contributed by atoms with Crippen molar-refractivity contribution in [1.29, 1.82) is 0 Å². The van der Waals surface area contributed by atoms with Crippen LogP contribution in [0.3, 0.4) is 0 Å². The molecule has 0 radical (unpaired) electrons. The Morgan fingerprint density at radius 1 is 1.33 bits per heavy atom. The van der Waals surface area contributed by atoms with Gasteiger partial charge in [-0.1, -0.05) is 0 Å². The van der Waals surface area contributed by atoms with Gasteiger partial charge in [0.1, 0.15) is 5.78 Å². The highest BCUT2D eigenvalue weighted by Crippen LogP contribution is 2.00. The van der Waals surface area contributed by atoms with Crippen LogP contribution >= 0.6 is 0 Å². The Morgan fingerprint density at radius 3 is 2.83 bits per heavy atom. The molecule has 0 saturated carbocycles. The number of ketones is 1. The number of nitrogens with zero attached hydrogens (tertiary/aromatic N) is 1. The highest BCUT2D eigenvalue weighted by Gasteiger charge is 2.16. The summed E-state index contributed by atoms with van der Waals surface area (Å²) < 4.78 is 4.76. The zero-order valence-electron chi connectivity index (χ0n) is 10.7. The van der Waals surface area contributed by atoms with Gasteiger partial charge < -0.3 is 10.1 Å². The van der Waals surface area contributed by atoms with Crippen LogP contribution in [0.4, 0.5) is 0 Å². The van der Waals surface area contributed by atoms with Crippen molar-refractivity contribution in [2.24, 2.45) is 0 Å². The first-order chi connectivity index (χ1) is 8.61. The van der Waals surface area contributed by atoms with E-state index in [9.17, 15) is 14.4 Å². The number of Topliss-reactive ketones (excluding diaryl/α,β-unsaturated/α-hetero) is 1. The van der Waals surface area contributed by atoms with Gasteiger partial charge in [-0.05, 0) is 6.92 Å². The summed E-state index contributed by atoms with van der Waals surface area (Å²) in [5, 5.41) is 2.75. The van der Waals surface area contributed by atoms with Crippen molar-refractivity contribution in [1.82, 2.24) is 10.2 Å². The van der Waals surface area contributed by atoms with E-state index in [2.05, 4.69) is 5.32 Å². The number of hydrogen-bond donors (Lipinski definition) is 1. The van der Waals surface area contributed by atoms with E-state index in [1.165, 1.54) is 0 Å². The molecule has 0 aliphatic carbocycles. The van der Waals surface area contributed by atoms with Crippen LogP contribution in [0.2, 0.25) is 0 Å². The summed E-state index contributed by atoms with van der Waals surface area (Å²) in [6, 6.07) is 0. The molecule has 1 heterocycles. The van der Waals surface area contributed by atoms with Gasteiger partial charge in [0.15, 0.2) is 0 Å². The number of rotatable bonds is 6. The molecule has 1 fully saturated rings. The van der Waals surface area contributed by atoms with Crippen molar-refractivity contribution in [3.63, 3.8) is 0 Å². The van der Waals surface area contributed by atoms with E-state index >= 15 is 0 Å². The molecule has 1 N–H and O–H groups in total. The van der Waals surface area contributed by atoms with Crippen molar-refractivity contribution >= 4 is 17.7 Å². The smallest absolute Gasteiger partial charge is 0.306 e. The Morgan fingerprint density at radius 2 is 2.11 bits per heavy atom. The van der Waals surface area contributed by atoms with E-state index in [1.807, 2.05) is 4.90 Å². The number of carbonyl (C=O) groups excluding carboxylic acids is 3. The van der Waals surface area contributed by atoms with Crippen LogP contribution in [0.25, 0.3) is 0 Å². The maximum atomic E-state index is 11.7. The molecule has 1 aliphatic heterocycles. The molecule has 1 amide bonds. The lowest BCUT2D eigenvalue weighted by Crippen LogP contribution is -2.33. The zero-order chi connectivity index (χ0) is 13.4. The van der Waals surface area contributed by atoms with Gasteiger partial charge in [0.05, 0.1) is 19.6 Å². The Kier molecular flexibility index (Phi) is 6.35. The molecule has 0 atom stereocenters. The highest BCUT2D eigenvalue weighted by molar-refractivity contribution is 5.84. The average Bonchev–Trinajstić information content (AvgIpc) is 2.52. The number of hydrogen-bond acceptors (Lipinski definition) is 5. The van der Waals surface area contributed by atoms with Crippen LogP contribution in [-0.4, -0.2) is 55.3 Å². The minimum atomic E-state index is -0.335. The third-order valence-electron chi connectivity index (χ3n) is 2.72. The summed E-state index contributed by atoms with van der Waals surface area (Å²) in [6.07, 6.45) is 0.763. The van der Waals surface area contributed by atoms with Crippen LogP contribution in [0.15, 0.2) is 0 Å². The SMILES string of the molecule is CCOC(=O)CCC(=O)CN1CCNC(=O)CC1. The van der Waals surface area contributed by atoms with Gasteiger partial charge in [0.2, 0.25) is 5.91 Å². The van der Waals surface area contributed by atoms with Crippen molar-refractivity contribution in [2.75, 3.05) is 32.8 Å². The molecule has 6 heteroatoms. The van der Waals surface area contributed by atoms with Crippen LogP contribution in [0, 0.1) is 0 Å². The highest BCUT2D eigenvalue weighted by atomic mass is 16.5. The largest absolute Gasteiger partial charge is 0.466 e. The van der Waals surface area contributed by atoms with Crippen LogP contribution < -0.4 is 5.32 Å². The second kappa shape index (κ2) is 7.81. The molecule has 1 saturated heterocycles. The molecular weight excluding hydrogens is 236 g/mol. The van der Waals surface area contributed by atoms with Crippen molar-refractivity contribution < 1.29 is 19.1 Å². The maximum absolute atomic E-state index is 11.7. The summed E-state index contributed by atoms with van der Waals surface area (Å²) in [5.74, 6) is -0.299. The first kappa shape index (κ1) is 14.6. The number of ether oxygens (including phenoxy) is 1. The number of nitrogens with one attached hydrogen (secondary N) is 1. The Hall–Kier alpha value is -1.43. The van der Waals surface area contributed by atoms with Crippen LogP contribution in [0.5, 0.6) is 0 Å². The second-order valence-electron chi connectivity index (χ2n) is 4.22. The lowest BCUT2D eigenvalue weighted by molar-refractivity contribution is -0.144. The molecule has 6 nitrogen and oxygen atoms in total. The Balaban J connectivity index is 2.22. The second-order valence-corrected chi connectivity index (χ2v) is 4.22. The van der Waals surface area contributed by atoms with Crippen molar-refractivity contribution in [2.45, 2.75) is 26.2 Å². The average molecular weight is 256 g/mol. The molecule has 18 heavy (non-hydrogen) atoms. The third kappa shape index (κ3) is 5.77. The van der Waals surface area contributed by atoms with Gasteiger partial charge in [-0.3, -0.25) is 19.3 Å². The first-order valence-electron chi connectivity index (χ1n) is 6.28. The molecule has 0 unspecified atom stereocenters. The Labute approximate surface area is 107 Å². The predicted molar refractivity (Wildman–Crippen MR) is 64.9 cm³/mol. The number of esters is 1. The zero-order valence-corrected chi connectivity index (χ0v) is 10.7. The van der Waals surface area contributed by atoms with Crippen LogP contribution in [-0.2, 0) is 19.1 Å². The van der Waals surface area contributed by atoms with Crippen molar-refractivity contribution in [3.8, 4) is 0 Å². The summed E-state index contributed by atoms with van der Waals surface area (Å²) in [6.45, 7) is 4.22. The molecule has 1 rings (SSSR count). The predicted octanol–water partition coefficient (Wildman–Crippen LogP) is -0.279. The number of amides is 1. The van der Waals surface area contributed by atoms with E-state index < -0.39 is 0 Å². The fourth-order valence-electron chi connectivity index (χ4n) is 1.77. The van der Waals surface area contributed by atoms with Gasteiger partial charge in [-0.25, -0.2) is 0 Å². The minimum Gasteiger partial charge on any atom is -0.466 e. The standard InChI is InChI=1S/C12H20N2O4/c1-2-18-12(17)4-3-10(15)9-14-7-5-11(16)13-6-8-14/h2-9H2,1H3,(H,13,16). The monoisotopic (exact) mass is 256 g/mol. The minimum absolute atomic E-state index is 0.0115. The summed E-state index contributed by atoms with van der Waals surface area (Å²) in [7, 11) is 0. The molecular formula is C12H20N2O4. The lowest BCUT2D eigenvalue weighted by atomic mass is 10.2. The fourth-order valence-corrected chi connectivity index (χ4v) is 1.77. The molecule has 0 bridgehead atoms. The van der Waals surface area contributed by atoms with Gasteiger partial charge in [0.25, 0.3) is 0 Å². The van der Waals surface area contributed by atoms with E-state index in [0.717, 1.165) is 0 Å². The number of carbonyl (C=O) groups is 3. The van der Waals surface area contributed by atoms with Gasteiger partial charge in [0, 0.05) is 32.5 Å². The Bertz CT molecular complexity index is 317. The van der Waals surface area contributed by atoms with Crippen molar-refractivity contribution in [3.05, 3.63) is 0 Å². The van der Waals surface area contributed by atoms with E-state index in [-0.39, 0.29) is 30.5 Å². The molecule has 0 aromatic rings. The van der Waals surface area contributed by atoms with Crippen LogP contribution in [0.1, 0.15) is 26.2 Å².